The van der Waals surface area contributed by atoms with E-state index in [1.54, 1.807) is 7.05 Å². The summed E-state index contributed by atoms with van der Waals surface area (Å²) in [6, 6.07) is 8.53. The molecule has 1 N–H and O–H groups in total. The fourth-order valence-electron chi connectivity index (χ4n) is 3.12. The van der Waals surface area contributed by atoms with Crippen molar-refractivity contribution in [3.05, 3.63) is 62.9 Å². The van der Waals surface area contributed by atoms with Gasteiger partial charge < -0.3 is 10.0 Å². The quantitative estimate of drug-likeness (QED) is 0.642. The van der Waals surface area contributed by atoms with Crippen LogP contribution in [0.5, 0.6) is 0 Å². The molecule has 0 bridgehead atoms. The largest absolute Gasteiger partial charge is 0.395 e. The molecule has 6 nitrogen and oxygen atoms in total. The fourth-order valence-corrected chi connectivity index (χ4v) is 4.19. The number of thiazole rings is 1. The maximum absolute atomic E-state index is 12.6. The van der Waals surface area contributed by atoms with Crippen LogP contribution >= 0.6 is 23.7 Å². The summed E-state index contributed by atoms with van der Waals surface area (Å²) in [4.78, 5) is 19.3. The van der Waals surface area contributed by atoms with Crippen LogP contribution in [0.1, 0.15) is 43.4 Å². The molecule has 29 heavy (non-hydrogen) atoms. The van der Waals surface area contributed by atoms with E-state index in [2.05, 4.69) is 41.3 Å². The first-order valence-electron chi connectivity index (χ1n) is 9.26. The summed E-state index contributed by atoms with van der Waals surface area (Å²) < 4.78 is 1.83. The number of amides is 1. The summed E-state index contributed by atoms with van der Waals surface area (Å²) >= 11 is 1.34. The number of carbonyl (C=O) groups is 1. The van der Waals surface area contributed by atoms with Crippen molar-refractivity contribution in [2.45, 2.75) is 34.1 Å². The van der Waals surface area contributed by atoms with Crippen molar-refractivity contribution >= 4 is 29.7 Å². The molecule has 0 saturated carbocycles. The summed E-state index contributed by atoms with van der Waals surface area (Å²) in [5, 5.41) is 14.4. The molecule has 8 heteroatoms. The van der Waals surface area contributed by atoms with Gasteiger partial charge in [-0.3, -0.25) is 4.79 Å². The molecule has 1 aromatic carbocycles. The molecule has 0 saturated heterocycles. The van der Waals surface area contributed by atoms with Crippen molar-refractivity contribution in [2.75, 3.05) is 20.2 Å². The highest BCUT2D eigenvalue weighted by Crippen LogP contribution is 2.26. The van der Waals surface area contributed by atoms with Gasteiger partial charge >= 0.3 is 0 Å². The standard InChI is InChI=1S/C21H26N4O2S.ClH/c1-13-6-8-17(9-7-13)12-18-14(2)23-25(16(18)4)21-22-15(3)19(28-21)20(27)24(5)10-11-26;/h6-9,26H,10-12H2,1-5H3;1H. The zero-order valence-electron chi connectivity index (χ0n) is 17.4. The van der Waals surface area contributed by atoms with Crippen molar-refractivity contribution < 1.29 is 9.90 Å². The number of nitrogens with zero attached hydrogens (tertiary/aromatic N) is 4. The van der Waals surface area contributed by atoms with E-state index in [4.69, 9.17) is 5.11 Å². The molecule has 2 aromatic heterocycles. The molecule has 0 fully saturated rings. The van der Waals surface area contributed by atoms with Crippen LogP contribution in [0.15, 0.2) is 24.3 Å². The van der Waals surface area contributed by atoms with Crippen molar-refractivity contribution in [1.29, 1.82) is 0 Å². The molecule has 0 aliphatic heterocycles. The molecule has 156 valence electrons. The lowest BCUT2D eigenvalue weighted by Crippen LogP contribution is -2.29. The Morgan fingerprint density at radius 2 is 1.79 bits per heavy atom. The smallest absolute Gasteiger partial charge is 0.265 e. The van der Waals surface area contributed by atoms with Gasteiger partial charge in [-0.1, -0.05) is 41.2 Å². The third kappa shape index (κ3) is 4.86. The van der Waals surface area contributed by atoms with E-state index in [9.17, 15) is 4.79 Å². The van der Waals surface area contributed by atoms with Gasteiger partial charge in [-0.25, -0.2) is 9.67 Å². The van der Waals surface area contributed by atoms with Crippen molar-refractivity contribution in [2.24, 2.45) is 0 Å². The molecule has 0 aliphatic carbocycles. The second kappa shape index (κ2) is 9.52. The van der Waals surface area contributed by atoms with Gasteiger partial charge in [-0.2, -0.15) is 5.10 Å². The Bertz CT molecular complexity index is 995. The Kier molecular flexibility index (Phi) is 7.57. The Morgan fingerprint density at radius 3 is 2.41 bits per heavy atom. The Labute approximate surface area is 181 Å². The Morgan fingerprint density at radius 1 is 1.14 bits per heavy atom. The zero-order chi connectivity index (χ0) is 20.4. The first-order valence-corrected chi connectivity index (χ1v) is 10.1. The van der Waals surface area contributed by atoms with Gasteiger partial charge in [0.1, 0.15) is 4.88 Å². The molecule has 1 amide bonds. The number of carbonyl (C=O) groups excluding carboxylic acids is 1. The topological polar surface area (TPSA) is 71.2 Å². The van der Waals surface area contributed by atoms with Gasteiger partial charge in [0.15, 0.2) is 0 Å². The molecule has 3 aromatic rings. The minimum atomic E-state index is -0.128. The number of hydrogen-bond acceptors (Lipinski definition) is 5. The maximum atomic E-state index is 12.6. The summed E-state index contributed by atoms with van der Waals surface area (Å²) in [7, 11) is 1.68. The van der Waals surface area contributed by atoms with Crippen LogP contribution in [0.2, 0.25) is 0 Å². The number of aromatic nitrogens is 3. The number of halogens is 1. The molecular weight excluding hydrogens is 408 g/mol. The lowest BCUT2D eigenvalue weighted by Gasteiger charge is -2.14. The highest BCUT2D eigenvalue weighted by Gasteiger charge is 2.22. The van der Waals surface area contributed by atoms with Crippen molar-refractivity contribution in [1.82, 2.24) is 19.7 Å². The first-order chi connectivity index (χ1) is 13.3. The van der Waals surface area contributed by atoms with Gasteiger partial charge in [0.25, 0.3) is 5.91 Å². The summed E-state index contributed by atoms with van der Waals surface area (Å²) in [5.41, 5.74) is 6.36. The van der Waals surface area contributed by atoms with E-state index in [-0.39, 0.29) is 24.9 Å². The molecule has 0 unspecified atom stereocenters. The van der Waals surface area contributed by atoms with Crippen LogP contribution in [-0.4, -0.2) is 50.9 Å². The third-order valence-electron chi connectivity index (χ3n) is 4.89. The van der Waals surface area contributed by atoms with E-state index < -0.39 is 0 Å². The summed E-state index contributed by atoms with van der Waals surface area (Å²) in [6.07, 6.45) is 0.813. The molecular formula is C21H27ClN4O2S. The van der Waals surface area contributed by atoms with E-state index in [0.717, 1.165) is 17.8 Å². The minimum absolute atomic E-state index is 0. The number of aliphatic hydroxyl groups is 1. The van der Waals surface area contributed by atoms with Gasteiger partial charge in [0, 0.05) is 31.3 Å². The van der Waals surface area contributed by atoms with Gasteiger partial charge in [-0.15, -0.1) is 12.4 Å². The predicted octanol–water partition coefficient (Wildman–Crippen LogP) is 3.64. The highest BCUT2D eigenvalue weighted by molar-refractivity contribution is 7.16. The molecule has 0 atom stereocenters. The van der Waals surface area contributed by atoms with Crippen LogP contribution in [0.25, 0.3) is 5.13 Å². The highest BCUT2D eigenvalue weighted by atomic mass is 35.5. The monoisotopic (exact) mass is 434 g/mol. The second-order valence-electron chi connectivity index (χ2n) is 7.08. The average Bonchev–Trinajstić information content (AvgIpc) is 3.17. The van der Waals surface area contributed by atoms with E-state index in [0.29, 0.717) is 22.2 Å². The maximum Gasteiger partial charge on any atom is 0.265 e. The summed E-state index contributed by atoms with van der Waals surface area (Å²) in [6.45, 7) is 8.20. The molecule has 3 rings (SSSR count). The lowest BCUT2D eigenvalue weighted by molar-refractivity contribution is 0.0771. The number of benzene rings is 1. The average molecular weight is 435 g/mol. The molecule has 0 spiro atoms. The second-order valence-corrected chi connectivity index (χ2v) is 8.06. The van der Waals surface area contributed by atoms with Gasteiger partial charge in [0.05, 0.1) is 18.0 Å². The summed E-state index contributed by atoms with van der Waals surface area (Å²) in [5.74, 6) is -0.128. The number of hydrogen-bond donors (Lipinski definition) is 1. The normalized spacial score (nSPS) is 10.7. The molecule has 0 aliphatic rings. The minimum Gasteiger partial charge on any atom is -0.395 e. The van der Waals surface area contributed by atoms with Crippen LogP contribution in [0.3, 0.4) is 0 Å². The Balaban J connectivity index is 0.00000300. The van der Waals surface area contributed by atoms with Crippen molar-refractivity contribution in [3.63, 3.8) is 0 Å². The predicted molar refractivity (Wildman–Crippen MR) is 119 cm³/mol. The van der Waals surface area contributed by atoms with Gasteiger partial charge in [0.2, 0.25) is 5.13 Å². The van der Waals surface area contributed by atoms with Crippen LogP contribution in [0.4, 0.5) is 0 Å². The zero-order valence-corrected chi connectivity index (χ0v) is 19.0. The lowest BCUT2D eigenvalue weighted by atomic mass is 10.0. The number of rotatable bonds is 6. The van der Waals surface area contributed by atoms with Crippen molar-refractivity contribution in [3.8, 4) is 5.13 Å². The van der Waals surface area contributed by atoms with E-state index >= 15 is 0 Å². The molecule has 2 heterocycles. The van der Waals surface area contributed by atoms with Crippen LogP contribution < -0.4 is 0 Å². The van der Waals surface area contributed by atoms with Crippen LogP contribution in [0, 0.1) is 27.7 Å². The van der Waals surface area contributed by atoms with Gasteiger partial charge in [-0.05, 0) is 33.3 Å². The number of likely N-dealkylation sites (N-methyl/N-ethyl adjacent to an activating group) is 1. The Hall–Kier alpha value is -2.22. The van der Waals surface area contributed by atoms with E-state index in [1.807, 2.05) is 25.5 Å². The number of aliphatic hydroxyl groups excluding tert-OH is 1. The fraction of sp³-hybridized carbons (Fsp3) is 0.381. The first kappa shape index (κ1) is 23.1. The third-order valence-corrected chi connectivity index (χ3v) is 6.01. The van der Waals surface area contributed by atoms with E-state index in [1.165, 1.54) is 32.9 Å². The number of aryl methyl sites for hydroxylation is 3. The molecule has 0 radical (unpaired) electrons. The SMILES string of the molecule is Cc1ccc(Cc2c(C)nn(-c3nc(C)c(C(=O)N(C)CCO)s3)c2C)cc1.Cl. The van der Waals surface area contributed by atoms with Crippen LogP contribution in [-0.2, 0) is 6.42 Å².